The maximum atomic E-state index is 4.50. The molecule has 2 unspecified atom stereocenters. The first kappa shape index (κ1) is 12.1. The third kappa shape index (κ3) is 2.99. The summed E-state index contributed by atoms with van der Waals surface area (Å²) in [5.41, 5.74) is 2.19. The molecule has 0 fully saturated rings. The molecule has 0 saturated carbocycles. The van der Waals surface area contributed by atoms with Crippen molar-refractivity contribution in [2.45, 2.75) is 46.1 Å². The molecule has 1 aromatic rings. The Bertz CT molecular complexity index is 298. The molecule has 1 rings (SSSR count). The number of nitrogens with one attached hydrogen (secondary N) is 1. The summed E-state index contributed by atoms with van der Waals surface area (Å²) in [7, 11) is 2.01. The summed E-state index contributed by atoms with van der Waals surface area (Å²) >= 11 is 0. The third-order valence-corrected chi connectivity index (χ3v) is 2.87. The Morgan fingerprint density at radius 2 is 2.00 bits per heavy atom. The van der Waals surface area contributed by atoms with Crippen LogP contribution in [0.4, 0.5) is 0 Å². The van der Waals surface area contributed by atoms with Crippen LogP contribution in [0.3, 0.4) is 0 Å². The Hall–Kier alpha value is -0.960. The highest BCUT2D eigenvalue weighted by atomic mass is 14.9. The van der Waals surface area contributed by atoms with E-state index in [1.54, 1.807) is 0 Å². The van der Waals surface area contributed by atoms with Crippen molar-refractivity contribution >= 4 is 0 Å². The van der Waals surface area contributed by atoms with Gasteiger partial charge in [0.1, 0.15) is 5.82 Å². The van der Waals surface area contributed by atoms with Crippen molar-refractivity contribution in [3.8, 4) is 0 Å². The minimum absolute atomic E-state index is 0.431. The molecule has 1 N–H and O–H groups in total. The summed E-state index contributed by atoms with van der Waals surface area (Å²) in [6.45, 7) is 8.37. The van der Waals surface area contributed by atoms with Crippen molar-refractivity contribution in [3.63, 3.8) is 0 Å². The largest absolute Gasteiger partial charge is 0.316 e. The van der Waals surface area contributed by atoms with Gasteiger partial charge >= 0.3 is 0 Å². The van der Waals surface area contributed by atoms with E-state index in [0.717, 1.165) is 23.6 Å². The van der Waals surface area contributed by atoms with Crippen LogP contribution in [0.2, 0.25) is 0 Å². The predicted octanol–water partition coefficient (Wildman–Crippen LogP) is 2.19. The topological polar surface area (TPSA) is 37.8 Å². The first-order valence-electron chi connectivity index (χ1n) is 5.58. The number of aromatic nitrogens is 2. The molecule has 1 aromatic heterocycles. The first-order valence-corrected chi connectivity index (χ1v) is 5.58. The van der Waals surface area contributed by atoms with Gasteiger partial charge in [0.25, 0.3) is 0 Å². The van der Waals surface area contributed by atoms with Gasteiger partial charge < -0.3 is 5.32 Å². The van der Waals surface area contributed by atoms with Gasteiger partial charge in [-0.1, -0.05) is 13.8 Å². The molecule has 0 saturated heterocycles. The minimum atomic E-state index is 0.431. The quantitative estimate of drug-likeness (QED) is 0.822. The van der Waals surface area contributed by atoms with E-state index in [1.165, 1.54) is 0 Å². The van der Waals surface area contributed by atoms with Crippen LogP contribution in [0, 0.1) is 13.8 Å². The molecule has 0 aliphatic heterocycles. The van der Waals surface area contributed by atoms with Gasteiger partial charge in [-0.05, 0) is 33.4 Å². The third-order valence-electron chi connectivity index (χ3n) is 2.87. The first-order chi connectivity index (χ1) is 7.08. The fraction of sp³-hybridized carbons (Fsp3) is 0.667. The molecule has 0 radical (unpaired) electrons. The molecule has 15 heavy (non-hydrogen) atoms. The highest BCUT2D eigenvalue weighted by molar-refractivity contribution is 5.15. The minimum Gasteiger partial charge on any atom is -0.316 e. The number of hydrogen-bond acceptors (Lipinski definition) is 3. The molecule has 3 nitrogen and oxygen atoms in total. The van der Waals surface area contributed by atoms with Crippen molar-refractivity contribution < 1.29 is 0 Å². The lowest BCUT2D eigenvalue weighted by atomic mass is 9.95. The number of aryl methyl sites for hydroxylation is 2. The van der Waals surface area contributed by atoms with Crippen molar-refractivity contribution in [1.29, 1.82) is 0 Å². The van der Waals surface area contributed by atoms with Crippen molar-refractivity contribution in [2.75, 3.05) is 7.05 Å². The van der Waals surface area contributed by atoms with Crippen LogP contribution >= 0.6 is 0 Å². The standard InChI is InChI=1S/C12H21N3/c1-6-11(13-5)9(3)12-7-8(2)14-10(4)15-12/h7,9,11,13H,6H2,1-5H3. The van der Waals surface area contributed by atoms with E-state index in [9.17, 15) is 0 Å². The lowest BCUT2D eigenvalue weighted by Gasteiger charge is -2.22. The molecule has 0 aliphatic rings. The second kappa shape index (κ2) is 5.21. The molecule has 1 heterocycles. The molecule has 0 bridgehead atoms. The Kier molecular flexibility index (Phi) is 4.21. The van der Waals surface area contributed by atoms with E-state index >= 15 is 0 Å². The lowest BCUT2D eigenvalue weighted by Crippen LogP contribution is -2.30. The lowest BCUT2D eigenvalue weighted by molar-refractivity contribution is 0.464. The molecular formula is C12H21N3. The van der Waals surface area contributed by atoms with E-state index in [4.69, 9.17) is 0 Å². The van der Waals surface area contributed by atoms with E-state index in [1.807, 2.05) is 20.9 Å². The van der Waals surface area contributed by atoms with Crippen LogP contribution in [0.5, 0.6) is 0 Å². The SMILES string of the molecule is CCC(NC)C(C)c1cc(C)nc(C)n1. The maximum absolute atomic E-state index is 4.50. The molecule has 84 valence electrons. The smallest absolute Gasteiger partial charge is 0.125 e. The van der Waals surface area contributed by atoms with Gasteiger partial charge in [0.05, 0.1) is 0 Å². The molecule has 3 heteroatoms. The maximum Gasteiger partial charge on any atom is 0.125 e. The van der Waals surface area contributed by atoms with Gasteiger partial charge in [-0.3, -0.25) is 0 Å². The van der Waals surface area contributed by atoms with Crippen LogP contribution in [0.1, 0.15) is 43.4 Å². The predicted molar refractivity (Wildman–Crippen MR) is 63.1 cm³/mol. The molecule has 0 aliphatic carbocycles. The van der Waals surface area contributed by atoms with Crippen molar-refractivity contribution in [3.05, 3.63) is 23.3 Å². The van der Waals surface area contributed by atoms with Gasteiger partial charge in [0.15, 0.2) is 0 Å². The van der Waals surface area contributed by atoms with Gasteiger partial charge in [0.2, 0.25) is 0 Å². The number of nitrogens with zero attached hydrogens (tertiary/aromatic N) is 2. The fourth-order valence-corrected chi connectivity index (χ4v) is 1.99. The monoisotopic (exact) mass is 207 g/mol. The number of rotatable bonds is 4. The van der Waals surface area contributed by atoms with Gasteiger partial charge in [-0.2, -0.15) is 0 Å². The zero-order chi connectivity index (χ0) is 11.4. The highest BCUT2D eigenvalue weighted by Gasteiger charge is 2.17. The second-order valence-corrected chi connectivity index (χ2v) is 4.07. The van der Waals surface area contributed by atoms with Crippen molar-refractivity contribution in [1.82, 2.24) is 15.3 Å². The van der Waals surface area contributed by atoms with Crippen LogP contribution in [0.25, 0.3) is 0 Å². The zero-order valence-electron chi connectivity index (χ0n) is 10.3. The summed E-state index contributed by atoms with van der Waals surface area (Å²) in [5.74, 6) is 1.29. The summed E-state index contributed by atoms with van der Waals surface area (Å²) in [6.07, 6.45) is 1.11. The van der Waals surface area contributed by atoms with E-state index < -0.39 is 0 Å². The normalized spacial score (nSPS) is 15.0. The zero-order valence-corrected chi connectivity index (χ0v) is 10.3. The number of likely N-dealkylation sites (N-methyl/N-ethyl adjacent to an activating group) is 1. The Morgan fingerprint density at radius 3 is 2.47 bits per heavy atom. The summed E-state index contributed by atoms with van der Waals surface area (Å²) in [6, 6.07) is 2.57. The molecule has 0 amide bonds. The van der Waals surface area contributed by atoms with E-state index in [0.29, 0.717) is 12.0 Å². The van der Waals surface area contributed by atoms with Crippen LogP contribution < -0.4 is 5.32 Å². The van der Waals surface area contributed by atoms with E-state index in [-0.39, 0.29) is 0 Å². The van der Waals surface area contributed by atoms with Crippen LogP contribution in [-0.2, 0) is 0 Å². The molecular weight excluding hydrogens is 186 g/mol. The molecule has 0 spiro atoms. The van der Waals surface area contributed by atoms with Gasteiger partial charge in [-0.25, -0.2) is 9.97 Å². The van der Waals surface area contributed by atoms with Gasteiger partial charge in [0, 0.05) is 23.3 Å². The van der Waals surface area contributed by atoms with E-state index in [2.05, 4.69) is 35.2 Å². The van der Waals surface area contributed by atoms with Crippen LogP contribution in [0.15, 0.2) is 6.07 Å². The average Bonchev–Trinajstić information content (AvgIpc) is 2.18. The van der Waals surface area contributed by atoms with Crippen LogP contribution in [-0.4, -0.2) is 23.1 Å². The van der Waals surface area contributed by atoms with Crippen molar-refractivity contribution in [2.24, 2.45) is 0 Å². The molecule has 2 atom stereocenters. The van der Waals surface area contributed by atoms with Gasteiger partial charge in [-0.15, -0.1) is 0 Å². The Labute approximate surface area is 92.3 Å². The Balaban J connectivity index is 2.94. The highest BCUT2D eigenvalue weighted by Crippen LogP contribution is 2.19. The summed E-state index contributed by atoms with van der Waals surface area (Å²) in [4.78, 5) is 8.80. The average molecular weight is 207 g/mol. The fourth-order valence-electron chi connectivity index (χ4n) is 1.99. The Morgan fingerprint density at radius 1 is 1.33 bits per heavy atom. The second-order valence-electron chi connectivity index (χ2n) is 4.07. The molecule has 0 aromatic carbocycles. The summed E-state index contributed by atoms with van der Waals surface area (Å²) < 4.78 is 0. The summed E-state index contributed by atoms with van der Waals surface area (Å²) in [5, 5.41) is 3.33. The number of hydrogen-bond donors (Lipinski definition) is 1.